The molecule has 0 bridgehead atoms. The zero-order chi connectivity index (χ0) is 17.6. The van der Waals surface area contributed by atoms with Crippen LogP contribution < -0.4 is 11.1 Å². The molecule has 1 saturated heterocycles. The predicted octanol–water partition coefficient (Wildman–Crippen LogP) is 2.47. The average molecular weight is 339 g/mol. The van der Waals surface area contributed by atoms with Crippen molar-refractivity contribution in [2.45, 2.75) is 25.7 Å². The van der Waals surface area contributed by atoms with Gasteiger partial charge < -0.3 is 15.8 Å². The molecule has 7 nitrogen and oxygen atoms in total. The molecule has 3 rings (SSSR count). The molecule has 0 aliphatic carbocycles. The van der Waals surface area contributed by atoms with Crippen LogP contribution in [0.5, 0.6) is 0 Å². The van der Waals surface area contributed by atoms with Crippen LogP contribution in [0.25, 0.3) is 5.69 Å². The van der Waals surface area contributed by atoms with Crippen molar-refractivity contribution in [2.75, 3.05) is 24.3 Å². The van der Waals surface area contributed by atoms with Crippen LogP contribution in [0.4, 0.5) is 11.5 Å². The van der Waals surface area contributed by atoms with Gasteiger partial charge in [0.2, 0.25) is 5.91 Å². The number of rotatable bonds is 5. The Kier molecular flexibility index (Phi) is 5.31. The summed E-state index contributed by atoms with van der Waals surface area (Å²) in [6.07, 6.45) is 5.15. The minimum absolute atomic E-state index is 0.00780. The van der Waals surface area contributed by atoms with Gasteiger partial charge in [0.05, 0.1) is 11.9 Å². The number of nitrogens with zero attached hydrogens (tertiary/aromatic N) is 3. The van der Waals surface area contributed by atoms with E-state index in [1.54, 1.807) is 23.0 Å². The summed E-state index contributed by atoms with van der Waals surface area (Å²) in [7, 11) is 0. The first-order chi connectivity index (χ1) is 12.2. The SMILES string of the molecule is N#Cc1cn(-c2ccc(NC(=O)CC[C@@H]3CCCOC3)cc2)nc1N. The normalized spacial score (nSPS) is 17.0. The number of hydrogen-bond donors (Lipinski definition) is 2. The molecule has 0 radical (unpaired) electrons. The monoisotopic (exact) mass is 339 g/mol. The number of carbonyl (C=O) groups excluding carboxylic acids is 1. The number of anilines is 2. The van der Waals surface area contributed by atoms with Crippen molar-refractivity contribution in [3.8, 4) is 11.8 Å². The summed E-state index contributed by atoms with van der Waals surface area (Å²) in [6, 6.07) is 9.24. The summed E-state index contributed by atoms with van der Waals surface area (Å²) in [5, 5.41) is 15.9. The first-order valence-electron chi connectivity index (χ1n) is 8.39. The Hall–Kier alpha value is -2.85. The maximum atomic E-state index is 12.1. The molecule has 3 N–H and O–H groups in total. The summed E-state index contributed by atoms with van der Waals surface area (Å²) in [4.78, 5) is 12.1. The number of carbonyl (C=O) groups is 1. The van der Waals surface area contributed by atoms with E-state index in [2.05, 4.69) is 10.4 Å². The third-order valence-electron chi connectivity index (χ3n) is 4.31. The Morgan fingerprint density at radius 1 is 1.44 bits per heavy atom. The van der Waals surface area contributed by atoms with E-state index in [0.29, 0.717) is 17.9 Å². The smallest absolute Gasteiger partial charge is 0.224 e. The second-order valence-corrected chi connectivity index (χ2v) is 6.20. The molecule has 25 heavy (non-hydrogen) atoms. The number of amides is 1. The van der Waals surface area contributed by atoms with Gasteiger partial charge in [0.25, 0.3) is 0 Å². The van der Waals surface area contributed by atoms with Gasteiger partial charge in [-0.15, -0.1) is 5.10 Å². The van der Waals surface area contributed by atoms with E-state index >= 15 is 0 Å². The minimum Gasteiger partial charge on any atom is -0.381 e. The molecular weight excluding hydrogens is 318 g/mol. The van der Waals surface area contributed by atoms with Crippen LogP contribution in [0.15, 0.2) is 30.5 Å². The zero-order valence-corrected chi connectivity index (χ0v) is 13.9. The van der Waals surface area contributed by atoms with E-state index in [1.165, 1.54) is 0 Å². The Morgan fingerprint density at radius 2 is 2.24 bits per heavy atom. The molecule has 1 fully saturated rings. The Labute approximate surface area is 146 Å². The largest absolute Gasteiger partial charge is 0.381 e. The third-order valence-corrected chi connectivity index (χ3v) is 4.31. The highest BCUT2D eigenvalue weighted by atomic mass is 16.5. The fourth-order valence-corrected chi connectivity index (χ4v) is 2.90. The highest BCUT2D eigenvalue weighted by Gasteiger charge is 2.15. The number of nitriles is 1. The third kappa shape index (κ3) is 4.37. The molecule has 1 amide bonds. The Balaban J connectivity index is 1.54. The molecular formula is C18H21N5O2. The van der Waals surface area contributed by atoms with Crippen molar-refractivity contribution in [3.63, 3.8) is 0 Å². The highest BCUT2D eigenvalue weighted by Crippen LogP contribution is 2.20. The van der Waals surface area contributed by atoms with Crippen molar-refractivity contribution in [2.24, 2.45) is 5.92 Å². The standard InChI is InChI=1S/C18H21N5O2/c19-10-14-11-23(22-18(14)20)16-6-4-15(5-7-16)21-17(24)8-3-13-2-1-9-25-12-13/h4-7,11,13H,1-3,8-9,12H2,(H2,20,22)(H,21,24)/t13-/m0/s1. The Morgan fingerprint density at radius 3 is 2.88 bits per heavy atom. The number of hydrogen-bond acceptors (Lipinski definition) is 5. The Bertz CT molecular complexity index is 770. The summed E-state index contributed by atoms with van der Waals surface area (Å²) >= 11 is 0. The molecule has 2 heterocycles. The first kappa shape index (κ1) is 17.0. The number of nitrogen functional groups attached to an aromatic ring is 1. The van der Waals surface area contributed by atoms with Crippen LogP contribution in [0.1, 0.15) is 31.2 Å². The molecule has 1 atom stereocenters. The summed E-state index contributed by atoms with van der Waals surface area (Å²) in [5.41, 5.74) is 7.50. The van der Waals surface area contributed by atoms with Gasteiger partial charge in [-0.1, -0.05) is 0 Å². The molecule has 1 aromatic heterocycles. The lowest BCUT2D eigenvalue weighted by molar-refractivity contribution is -0.116. The number of benzene rings is 1. The van der Waals surface area contributed by atoms with Gasteiger partial charge in [-0.25, -0.2) is 4.68 Å². The lowest BCUT2D eigenvalue weighted by atomic mass is 9.97. The molecule has 0 spiro atoms. The van der Waals surface area contributed by atoms with Crippen molar-refractivity contribution in [1.82, 2.24) is 9.78 Å². The van der Waals surface area contributed by atoms with Gasteiger partial charge in [0.1, 0.15) is 11.6 Å². The van der Waals surface area contributed by atoms with Crippen LogP contribution >= 0.6 is 0 Å². The van der Waals surface area contributed by atoms with Gasteiger partial charge in [-0.3, -0.25) is 4.79 Å². The number of nitrogens with one attached hydrogen (secondary N) is 1. The van der Waals surface area contributed by atoms with Gasteiger partial charge in [-0.05, 0) is 49.4 Å². The van der Waals surface area contributed by atoms with Crippen molar-refractivity contribution in [3.05, 3.63) is 36.0 Å². The van der Waals surface area contributed by atoms with Crippen LogP contribution in [0, 0.1) is 17.2 Å². The fraction of sp³-hybridized carbons (Fsp3) is 0.389. The lowest BCUT2D eigenvalue weighted by Crippen LogP contribution is -2.20. The number of aromatic nitrogens is 2. The van der Waals surface area contributed by atoms with Crippen molar-refractivity contribution in [1.29, 1.82) is 5.26 Å². The summed E-state index contributed by atoms with van der Waals surface area (Å²) < 4.78 is 6.98. The van der Waals surface area contributed by atoms with Crippen LogP contribution in [0.2, 0.25) is 0 Å². The quantitative estimate of drug-likeness (QED) is 0.870. The van der Waals surface area contributed by atoms with Crippen LogP contribution in [-0.4, -0.2) is 28.9 Å². The predicted molar refractivity (Wildman–Crippen MR) is 94.1 cm³/mol. The van der Waals surface area contributed by atoms with Gasteiger partial charge >= 0.3 is 0 Å². The van der Waals surface area contributed by atoms with E-state index in [0.717, 1.165) is 43.9 Å². The molecule has 1 aliphatic rings. The summed E-state index contributed by atoms with van der Waals surface area (Å²) in [6.45, 7) is 1.60. The lowest BCUT2D eigenvalue weighted by Gasteiger charge is -2.21. The number of nitrogens with two attached hydrogens (primary N) is 1. The molecule has 0 unspecified atom stereocenters. The van der Waals surface area contributed by atoms with Gasteiger partial charge in [0, 0.05) is 25.3 Å². The van der Waals surface area contributed by atoms with Crippen molar-refractivity contribution < 1.29 is 9.53 Å². The molecule has 1 aliphatic heterocycles. The maximum Gasteiger partial charge on any atom is 0.224 e. The van der Waals surface area contributed by atoms with Crippen LogP contribution in [-0.2, 0) is 9.53 Å². The molecule has 7 heteroatoms. The number of ether oxygens (including phenoxy) is 1. The second kappa shape index (κ2) is 7.81. The highest BCUT2D eigenvalue weighted by molar-refractivity contribution is 5.90. The second-order valence-electron chi connectivity index (χ2n) is 6.20. The van der Waals surface area contributed by atoms with Crippen LogP contribution in [0.3, 0.4) is 0 Å². The van der Waals surface area contributed by atoms with E-state index in [-0.39, 0.29) is 11.7 Å². The van der Waals surface area contributed by atoms with E-state index in [4.69, 9.17) is 15.7 Å². The van der Waals surface area contributed by atoms with E-state index in [9.17, 15) is 4.79 Å². The zero-order valence-electron chi connectivity index (χ0n) is 13.9. The van der Waals surface area contributed by atoms with Gasteiger partial charge in [0.15, 0.2) is 5.82 Å². The molecule has 2 aromatic rings. The van der Waals surface area contributed by atoms with E-state index < -0.39 is 0 Å². The van der Waals surface area contributed by atoms with E-state index in [1.807, 2.05) is 18.2 Å². The molecule has 1 aromatic carbocycles. The average Bonchev–Trinajstić information content (AvgIpc) is 3.02. The first-order valence-corrected chi connectivity index (χ1v) is 8.39. The summed E-state index contributed by atoms with van der Waals surface area (Å²) in [5.74, 6) is 0.696. The fourth-order valence-electron chi connectivity index (χ4n) is 2.90. The maximum absolute atomic E-state index is 12.1. The van der Waals surface area contributed by atoms with Crippen molar-refractivity contribution >= 4 is 17.4 Å². The topological polar surface area (TPSA) is 106 Å². The van der Waals surface area contributed by atoms with Gasteiger partial charge in [-0.2, -0.15) is 5.26 Å². The molecule has 0 saturated carbocycles. The molecule has 130 valence electrons. The minimum atomic E-state index is 0.00780.